The van der Waals surface area contributed by atoms with Gasteiger partial charge in [-0.2, -0.15) is 0 Å². The van der Waals surface area contributed by atoms with Gasteiger partial charge >= 0.3 is 0 Å². The van der Waals surface area contributed by atoms with E-state index in [1.54, 1.807) is 20.1 Å². The molecule has 1 saturated heterocycles. The molecule has 2 heterocycles. The number of para-hydroxylation sites is 1. The van der Waals surface area contributed by atoms with E-state index < -0.39 is 0 Å². The molecule has 0 bridgehead atoms. The number of hydrogen-bond acceptors (Lipinski definition) is 5. The number of imide groups is 1. The maximum absolute atomic E-state index is 12.8. The fourth-order valence-electron chi connectivity index (χ4n) is 3.02. The predicted octanol–water partition coefficient (Wildman–Crippen LogP) is 1.13. The molecule has 122 valence electrons. The highest BCUT2D eigenvalue weighted by Crippen LogP contribution is 2.36. The van der Waals surface area contributed by atoms with Gasteiger partial charge in [0, 0.05) is 25.2 Å². The van der Waals surface area contributed by atoms with Gasteiger partial charge in [-0.3, -0.25) is 14.5 Å². The quantitative estimate of drug-likeness (QED) is 0.779. The minimum absolute atomic E-state index is 0.236. The molecule has 2 aliphatic heterocycles. The molecule has 0 atom stereocenters. The van der Waals surface area contributed by atoms with E-state index in [1.807, 2.05) is 23.1 Å². The number of likely N-dealkylation sites (N-methyl/N-ethyl adjacent to an activating group) is 1. The minimum Gasteiger partial charge on any atom is -0.496 e. The molecule has 1 aromatic rings. The standard InChI is InChI=1S/C17H20N2O4/c1-3-19-16(20)14(12-6-4-5-7-13(12)22-2)15(17(19)21)18-8-10-23-11-9-18/h4-7H,3,8-11H2,1-2H3. The summed E-state index contributed by atoms with van der Waals surface area (Å²) in [6.45, 7) is 4.46. The van der Waals surface area contributed by atoms with Crippen molar-refractivity contribution in [3.8, 4) is 5.75 Å². The van der Waals surface area contributed by atoms with E-state index in [2.05, 4.69) is 0 Å². The second kappa shape index (κ2) is 6.42. The number of methoxy groups -OCH3 is 1. The van der Waals surface area contributed by atoms with E-state index in [0.29, 0.717) is 55.4 Å². The third-order valence-corrected chi connectivity index (χ3v) is 4.16. The second-order valence-corrected chi connectivity index (χ2v) is 5.38. The highest BCUT2D eigenvalue weighted by atomic mass is 16.5. The lowest BCUT2D eigenvalue weighted by atomic mass is 10.0. The van der Waals surface area contributed by atoms with Crippen LogP contribution in [0.3, 0.4) is 0 Å². The summed E-state index contributed by atoms with van der Waals surface area (Å²) in [5.74, 6) is 0.0937. The van der Waals surface area contributed by atoms with Crippen LogP contribution >= 0.6 is 0 Å². The van der Waals surface area contributed by atoms with Crippen LogP contribution < -0.4 is 4.74 Å². The molecule has 0 unspecified atom stereocenters. The first-order valence-corrected chi connectivity index (χ1v) is 7.75. The van der Waals surface area contributed by atoms with Crippen LogP contribution in [0.15, 0.2) is 30.0 Å². The molecule has 2 aliphatic rings. The molecule has 3 rings (SSSR count). The van der Waals surface area contributed by atoms with Crippen LogP contribution in [0, 0.1) is 0 Å². The summed E-state index contributed by atoms with van der Waals surface area (Å²) in [6, 6.07) is 7.30. The number of carbonyl (C=O) groups excluding carboxylic acids is 2. The van der Waals surface area contributed by atoms with Crippen molar-refractivity contribution in [2.45, 2.75) is 6.92 Å². The topological polar surface area (TPSA) is 59.1 Å². The van der Waals surface area contributed by atoms with Crippen molar-refractivity contribution >= 4 is 17.4 Å². The Balaban J connectivity index is 2.15. The van der Waals surface area contributed by atoms with Gasteiger partial charge in [0.15, 0.2) is 0 Å². The Morgan fingerprint density at radius 2 is 1.83 bits per heavy atom. The zero-order valence-corrected chi connectivity index (χ0v) is 13.4. The summed E-state index contributed by atoms with van der Waals surface area (Å²) >= 11 is 0. The molecular formula is C17H20N2O4. The van der Waals surface area contributed by atoms with Crippen molar-refractivity contribution in [3.05, 3.63) is 35.5 Å². The Labute approximate surface area is 135 Å². The average Bonchev–Trinajstić information content (AvgIpc) is 2.85. The van der Waals surface area contributed by atoms with Gasteiger partial charge in [0.05, 0.1) is 25.9 Å². The van der Waals surface area contributed by atoms with E-state index in [4.69, 9.17) is 9.47 Å². The maximum Gasteiger partial charge on any atom is 0.277 e. The monoisotopic (exact) mass is 316 g/mol. The summed E-state index contributed by atoms with van der Waals surface area (Å²) in [4.78, 5) is 28.8. The van der Waals surface area contributed by atoms with Gasteiger partial charge in [0.1, 0.15) is 11.4 Å². The minimum atomic E-state index is -0.261. The van der Waals surface area contributed by atoms with E-state index in [9.17, 15) is 9.59 Å². The zero-order chi connectivity index (χ0) is 16.4. The van der Waals surface area contributed by atoms with Gasteiger partial charge in [-0.25, -0.2) is 0 Å². The Morgan fingerprint density at radius 1 is 1.13 bits per heavy atom. The highest BCUT2D eigenvalue weighted by molar-refractivity contribution is 6.36. The van der Waals surface area contributed by atoms with Crippen molar-refractivity contribution in [1.82, 2.24) is 9.80 Å². The molecule has 0 aliphatic carbocycles. The van der Waals surface area contributed by atoms with Gasteiger partial charge in [0.2, 0.25) is 0 Å². The summed E-state index contributed by atoms with van der Waals surface area (Å²) in [6.07, 6.45) is 0. The molecule has 1 aromatic carbocycles. The third kappa shape index (κ3) is 2.59. The first-order valence-electron chi connectivity index (χ1n) is 7.75. The van der Waals surface area contributed by atoms with Crippen LogP contribution in [0.2, 0.25) is 0 Å². The van der Waals surface area contributed by atoms with Gasteiger partial charge in [-0.05, 0) is 13.0 Å². The first-order chi connectivity index (χ1) is 11.2. The Bertz CT molecular complexity index is 662. The van der Waals surface area contributed by atoms with Crippen LogP contribution in [-0.4, -0.2) is 61.6 Å². The highest BCUT2D eigenvalue weighted by Gasteiger charge is 2.41. The Hall–Kier alpha value is -2.34. The number of benzene rings is 1. The number of ether oxygens (including phenoxy) is 2. The largest absolute Gasteiger partial charge is 0.496 e. The smallest absolute Gasteiger partial charge is 0.277 e. The molecule has 0 saturated carbocycles. The molecule has 0 radical (unpaired) electrons. The third-order valence-electron chi connectivity index (χ3n) is 4.16. The lowest BCUT2D eigenvalue weighted by molar-refractivity contribution is -0.137. The molecule has 6 heteroatoms. The second-order valence-electron chi connectivity index (χ2n) is 5.38. The molecule has 6 nitrogen and oxygen atoms in total. The van der Waals surface area contributed by atoms with Gasteiger partial charge in [-0.1, -0.05) is 18.2 Å². The summed E-state index contributed by atoms with van der Waals surface area (Å²) < 4.78 is 10.7. The normalized spacial score (nSPS) is 18.9. The Kier molecular flexibility index (Phi) is 4.34. The van der Waals surface area contributed by atoms with Gasteiger partial charge in [-0.15, -0.1) is 0 Å². The molecular weight excluding hydrogens is 296 g/mol. The fourth-order valence-corrected chi connectivity index (χ4v) is 3.02. The summed E-state index contributed by atoms with van der Waals surface area (Å²) in [7, 11) is 1.56. The lowest BCUT2D eigenvalue weighted by Crippen LogP contribution is -2.40. The molecule has 1 fully saturated rings. The molecule has 0 N–H and O–H groups in total. The van der Waals surface area contributed by atoms with Crippen molar-refractivity contribution in [3.63, 3.8) is 0 Å². The molecule has 23 heavy (non-hydrogen) atoms. The molecule has 0 spiro atoms. The van der Waals surface area contributed by atoms with Crippen LogP contribution in [-0.2, 0) is 14.3 Å². The Morgan fingerprint density at radius 3 is 2.48 bits per heavy atom. The van der Waals surface area contributed by atoms with Crippen molar-refractivity contribution in [2.75, 3.05) is 40.0 Å². The number of hydrogen-bond donors (Lipinski definition) is 0. The maximum atomic E-state index is 12.8. The number of carbonyl (C=O) groups is 2. The zero-order valence-electron chi connectivity index (χ0n) is 13.4. The van der Waals surface area contributed by atoms with Crippen molar-refractivity contribution in [1.29, 1.82) is 0 Å². The first kappa shape index (κ1) is 15.6. The SMILES string of the molecule is CCN1C(=O)C(c2ccccc2OC)=C(N2CCOCC2)C1=O. The number of rotatable bonds is 4. The lowest BCUT2D eigenvalue weighted by Gasteiger charge is -2.29. The van der Waals surface area contributed by atoms with Crippen LogP contribution in [0.4, 0.5) is 0 Å². The van der Waals surface area contributed by atoms with Crippen LogP contribution in [0.5, 0.6) is 5.75 Å². The van der Waals surface area contributed by atoms with E-state index in [1.165, 1.54) is 4.90 Å². The fraction of sp³-hybridized carbons (Fsp3) is 0.412. The van der Waals surface area contributed by atoms with Crippen LogP contribution in [0.25, 0.3) is 5.57 Å². The van der Waals surface area contributed by atoms with Gasteiger partial charge < -0.3 is 14.4 Å². The molecule has 2 amide bonds. The number of morpholine rings is 1. The van der Waals surface area contributed by atoms with Crippen molar-refractivity contribution in [2.24, 2.45) is 0 Å². The van der Waals surface area contributed by atoms with E-state index >= 15 is 0 Å². The van der Waals surface area contributed by atoms with Crippen LogP contribution in [0.1, 0.15) is 12.5 Å². The van der Waals surface area contributed by atoms with E-state index in [-0.39, 0.29) is 11.8 Å². The van der Waals surface area contributed by atoms with Gasteiger partial charge in [0.25, 0.3) is 11.8 Å². The van der Waals surface area contributed by atoms with E-state index in [0.717, 1.165) is 0 Å². The number of nitrogens with zero attached hydrogens (tertiary/aromatic N) is 2. The molecule has 0 aromatic heterocycles. The number of amides is 2. The average molecular weight is 316 g/mol. The summed E-state index contributed by atoms with van der Waals surface area (Å²) in [5, 5.41) is 0. The predicted molar refractivity (Wildman–Crippen MR) is 84.7 cm³/mol. The van der Waals surface area contributed by atoms with Crippen molar-refractivity contribution < 1.29 is 19.1 Å². The summed E-state index contributed by atoms with van der Waals surface area (Å²) in [5.41, 5.74) is 1.55.